The number of hydrogen-bond acceptors (Lipinski definition) is 0. The Balaban J connectivity index is 1.72. The molecule has 56 valence electrons. The van der Waals surface area contributed by atoms with Crippen LogP contribution in [0.3, 0.4) is 0 Å². The standard InChI is InChI=1S/C10H13B/c11-10-4-3-7(10)8-5-1-2-6(5)9(8)10/h5-9H,1-4H2/t5?,6?,7?,8?,9-,10?/m1/s1. The minimum atomic E-state index is 0.381. The molecule has 0 heterocycles. The molecule has 1 heteroatoms. The summed E-state index contributed by atoms with van der Waals surface area (Å²) in [7, 11) is 6.32. The maximum absolute atomic E-state index is 6.32. The summed E-state index contributed by atoms with van der Waals surface area (Å²) >= 11 is 0. The average molecular weight is 144 g/mol. The van der Waals surface area contributed by atoms with Crippen LogP contribution in [0.2, 0.25) is 5.31 Å². The fourth-order valence-corrected chi connectivity index (χ4v) is 4.68. The largest absolute Gasteiger partial charge is 0.0754 e. The summed E-state index contributed by atoms with van der Waals surface area (Å²) in [5.41, 5.74) is 0. The van der Waals surface area contributed by atoms with Crippen molar-refractivity contribution in [2.75, 3.05) is 0 Å². The van der Waals surface area contributed by atoms with Gasteiger partial charge in [-0.1, -0.05) is 18.2 Å². The third kappa shape index (κ3) is 0.353. The fraction of sp³-hybridized carbons (Fsp3) is 1.00. The van der Waals surface area contributed by atoms with Gasteiger partial charge in [0.25, 0.3) is 0 Å². The molecular formula is C10H13B. The van der Waals surface area contributed by atoms with Crippen LogP contribution < -0.4 is 0 Å². The van der Waals surface area contributed by atoms with Gasteiger partial charge in [-0.15, -0.1) is 0 Å². The monoisotopic (exact) mass is 144 g/mol. The van der Waals surface area contributed by atoms with Gasteiger partial charge in [0.05, 0.1) is 7.85 Å². The Kier molecular flexibility index (Phi) is 0.678. The van der Waals surface area contributed by atoms with E-state index in [0.29, 0.717) is 5.31 Å². The fourth-order valence-electron chi connectivity index (χ4n) is 4.68. The van der Waals surface area contributed by atoms with Gasteiger partial charge in [0.15, 0.2) is 0 Å². The van der Waals surface area contributed by atoms with Gasteiger partial charge < -0.3 is 0 Å². The van der Waals surface area contributed by atoms with E-state index in [-0.39, 0.29) is 0 Å². The van der Waals surface area contributed by atoms with E-state index in [0.717, 1.165) is 29.6 Å². The lowest BCUT2D eigenvalue weighted by Crippen LogP contribution is -2.74. The molecule has 0 nitrogen and oxygen atoms in total. The third-order valence-corrected chi connectivity index (χ3v) is 5.42. The first-order valence-corrected chi connectivity index (χ1v) is 5.11. The maximum Gasteiger partial charge on any atom is 0.0754 e. The Morgan fingerprint density at radius 1 is 1.09 bits per heavy atom. The zero-order valence-electron chi connectivity index (χ0n) is 6.79. The summed E-state index contributed by atoms with van der Waals surface area (Å²) in [5, 5.41) is 0.381. The molecule has 4 aliphatic rings. The van der Waals surface area contributed by atoms with Gasteiger partial charge in [-0.3, -0.25) is 0 Å². The van der Waals surface area contributed by atoms with Crippen molar-refractivity contribution in [1.82, 2.24) is 0 Å². The number of hydrogen-bond donors (Lipinski definition) is 0. The van der Waals surface area contributed by atoms with Crippen LogP contribution >= 0.6 is 0 Å². The third-order valence-electron chi connectivity index (χ3n) is 5.42. The summed E-state index contributed by atoms with van der Waals surface area (Å²) < 4.78 is 0. The first kappa shape index (κ1) is 5.67. The van der Waals surface area contributed by atoms with Gasteiger partial charge in [0.2, 0.25) is 0 Å². The lowest BCUT2D eigenvalue weighted by atomic mass is 9.18. The molecule has 4 aliphatic carbocycles. The van der Waals surface area contributed by atoms with Gasteiger partial charge in [-0.05, 0) is 42.4 Å². The second-order valence-corrected chi connectivity index (χ2v) is 5.27. The predicted octanol–water partition coefficient (Wildman–Crippen LogP) is 2.01. The highest BCUT2D eigenvalue weighted by Gasteiger charge is 2.75. The smallest absolute Gasteiger partial charge is 0.0597 e. The van der Waals surface area contributed by atoms with E-state index in [1.165, 1.54) is 19.3 Å². The second-order valence-electron chi connectivity index (χ2n) is 5.27. The minimum Gasteiger partial charge on any atom is -0.0597 e. The van der Waals surface area contributed by atoms with Crippen molar-refractivity contribution >= 4 is 7.85 Å². The number of fused-ring (bicyclic) bond motifs is 7. The van der Waals surface area contributed by atoms with Crippen LogP contribution in [0.15, 0.2) is 0 Å². The van der Waals surface area contributed by atoms with Crippen LogP contribution in [0.4, 0.5) is 0 Å². The molecule has 0 aromatic heterocycles. The van der Waals surface area contributed by atoms with E-state index in [1.54, 1.807) is 6.42 Å². The molecule has 6 atom stereocenters. The summed E-state index contributed by atoms with van der Waals surface area (Å²) in [4.78, 5) is 0. The summed E-state index contributed by atoms with van der Waals surface area (Å²) in [6.07, 6.45) is 5.86. The Bertz CT molecular complexity index is 237. The van der Waals surface area contributed by atoms with E-state index in [4.69, 9.17) is 7.85 Å². The van der Waals surface area contributed by atoms with Crippen LogP contribution in [-0.4, -0.2) is 7.85 Å². The van der Waals surface area contributed by atoms with Gasteiger partial charge in [-0.2, -0.15) is 0 Å². The molecule has 11 heavy (non-hydrogen) atoms. The summed E-state index contributed by atoms with van der Waals surface area (Å²) in [6.45, 7) is 0. The van der Waals surface area contributed by atoms with Crippen molar-refractivity contribution in [1.29, 1.82) is 0 Å². The van der Waals surface area contributed by atoms with E-state index in [2.05, 4.69) is 0 Å². The van der Waals surface area contributed by atoms with Gasteiger partial charge in [-0.25, -0.2) is 0 Å². The first-order chi connectivity index (χ1) is 5.32. The molecular weight excluding hydrogens is 131 g/mol. The summed E-state index contributed by atoms with van der Waals surface area (Å²) in [6, 6.07) is 0. The quantitative estimate of drug-likeness (QED) is 0.456. The molecule has 5 unspecified atom stereocenters. The Morgan fingerprint density at radius 2 is 1.91 bits per heavy atom. The Labute approximate surface area is 69.2 Å². The normalized spacial score (nSPS) is 75.5. The SMILES string of the molecule is [B]C12CCC1C1C3CCC3[C@H]12. The predicted molar refractivity (Wildman–Crippen MR) is 44.4 cm³/mol. The molecule has 0 aliphatic heterocycles. The van der Waals surface area contributed by atoms with Crippen molar-refractivity contribution < 1.29 is 0 Å². The summed E-state index contributed by atoms with van der Waals surface area (Å²) in [5.74, 6) is 5.35. The first-order valence-electron chi connectivity index (χ1n) is 5.11. The highest BCUT2D eigenvalue weighted by atomic mass is 14.8. The van der Waals surface area contributed by atoms with Crippen molar-refractivity contribution in [2.24, 2.45) is 29.6 Å². The minimum absolute atomic E-state index is 0.381. The van der Waals surface area contributed by atoms with Crippen molar-refractivity contribution in [3.8, 4) is 0 Å². The molecule has 4 fully saturated rings. The Morgan fingerprint density at radius 3 is 2.36 bits per heavy atom. The van der Waals surface area contributed by atoms with Gasteiger partial charge in [0, 0.05) is 0 Å². The van der Waals surface area contributed by atoms with Crippen molar-refractivity contribution in [3.63, 3.8) is 0 Å². The van der Waals surface area contributed by atoms with Crippen molar-refractivity contribution in [2.45, 2.75) is 31.0 Å². The van der Waals surface area contributed by atoms with Crippen LogP contribution in [0.5, 0.6) is 0 Å². The maximum atomic E-state index is 6.32. The molecule has 4 saturated carbocycles. The van der Waals surface area contributed by atoms with Crippen LogP contribution in [0, 0.1) is 29.6 Å². The highest BCUT2D eigenvalue weighted by Crippen LogP contribution is 2.85. The molecule has 0 N–H and O–H groups in total. The van der Waals surface area contributed by atoms with Gasteiger partial charge >= 0.3 is 0 Å². The van der Waals surface area contributed by atoms with E-state index < -0.39 is 0 Å². The van der Waals surface area contributed by atoms with Crippen LogP contribution in [0.1, 0.15) is 25.7 Å². The average Bonchev–Trinajstić information content (AvgIpc) is 1.94. The molecule has 4 rings (SSSR count). The molecule has 0 aromatic rings. The molecule has 0 spiro atoms. The molecule has 0 amide bonds. The lowest BCUT2D eigenvalue weighted by molar-refractivity contribution is -0.275. The van der Waals surface area contributed by atoms with Crippen LogP contribution in [0.25, 0.3) is 0 Å². The van der Waals surface area contributed by atoms with Crippen LogP contribution in [-0.2, 0) is 0 Å². The Hall–Kier alpha value is 0.0649. The zero-order valence-corrected chi connectivity index (χ0v) is 6.79. The molecule has 0 aromatic carbocycles. The lowest BCUT2D eigenvalue weighted by Gasteiger charge is -2.82. The topological polar surface area (TPSA) is 0 Å². The van der Waals surface area contributed by atoms with Crippen molar-refractivity contribution in [3.05, 3.63) is 0 Å². The zero-order chi connectivity index (χ0) is 7.22. The van der Waals surface area contributed by atoms with E-state index >= 15 is 0 Å². The molecule has 0 saturated heterocycles. The second kappa shape index (κ2) is 1.32. The van der Waals surface area contributed by atoms with Gasteiger partial charge in [0.1, 0.15) is 0 Å². The number of rotatable bonds is 0. The molecule has 2 radical (unpaired) electrons. The highest BCUT2D eigenvalue weighted by molar-refractivity contribution is 6.17. The molecule has 0 bridgehead atoms. The van der Waals surface area contributed by atoms with E-state index in [9.17, 15) is 0 Å². The van der Waals surface area contributed by atoms with E-state index in [1.807, 2.05) is 0 Å².